The zero-order valence-corrected chi connectivity index (χ0v) is 12.5. The van der Waals surface area contributed by atoms with Crippen molar-refractivity contribution in [2.75, 3.05) is 13.2 Å². The highest BCUT2D eigenvalue weighted by atomic mass is 79.9. The van der Waals surface area contributed by atoms with Crippen LogP contribution in [-0.2, 0) is 11.2 Å². The first-order valence-corrected chi connectivity index (χ1v) is 7.35. The minimum Gasteiger partial charge on any atom is -0.489 e. The summed E-state index contributed by atoms with van der Waals surface area (Å²) in [4.78, 5) is 10.9. The molecule has 0 bridgehead atoms. The van der Waals surface area contributed by atoms with E-state index in [1.165, 1.54) is 0 Å². The average molecular weight is 342 g/mol. The standard InChI is InChI=1S/C14H16BrNO4/c15-9-5-12-11(4-8(9)3-10(16)13(17)18)19-6-14(1-2-14)7-20-12/h4-5,10H,1-3,6-7,16H2,(H,17,18). The SMILES string of the molecule is NC(Cc1cc2c(cc1Br)OCC1(CC1)CO2)C(=O)O. The number of carbonyl (C=O) groups is 1. The Bertz CT molecular complexity index is 556. The molecule has 1 aliphatic carbocycles. The molecule has 0 aromatic heterocycles. The third kappa shape index (κ3) is 2.62. The molecule has 0 amide bonds. The zero-order valence-electron chi connectivity index (χ0n) is 10.9. The predicted molar refractivity (Wildman–Crippen MR) is 76.1 cm³/mol. The highest BCUT2D eigenvalue weighted by Crippen LogP contribution is 2.49. The minimum absolute atomic E-state index is 0.184. The van der Waals surface area contributed by atoms with Gasteiger partial charge in [0.15, 0.2) is 11.5 Å². The van der Waals surface area contributed by atoms with Crippen LogP contribution in [0, 0.1) is 5.41 Å². The number of carboxylic acid groups (broad SMARTS) is 1. The van der Waals surface area contributed by atoms with Gasteiger partial charge >= 0.3 is 5.97 Å². The molecule has 1 aromatic carbocycles. The number of rotatable bonds is 3. The van der Waals surface area contributed by atoms with Gasteiger partial charge in [0.2, 0.25) is 0 Å². The van der Waals surface area contributed by atoms with Gasteiger partial charge in [-0.3, -0.25) is 4.79 Å². The number of hydrogen-bond acceptors (Lipinski definition) is 4. The average Bonchev–Trinajstić information content (AvgIpc) is 3.19. The van der Waals surface area contributed by atoms with Gasteiger partial charge < -0.3 is 20.3 Å². The fraction of sp³-hybridized carbons (Fsp3) is 0.500. The molecular formula is C14H16BrNO4. The van der Waals surface area contributed by atoms with E-state index < -0.39 is 12.0 Å². The molecule has 1 spiro atoms. The number of carboxylic acids is 1. The first kappa shape index (κ1) is 13.7. The van der Waals surface area contributed by atoms with Gasteiger partial charge in [-0.25, -0.2) is 0 Å². The van der Waals surface area contributed by atoms with Crippen LogP contribution in [0.4, 0.5) is 0 Å². The Kier molecular flexibility index (Phi) is 3.38. The number of nitrogens with two attached hydrogens (primary N) is 1. The van der Waals surface area contributed by atoms with E-state index in [0.29, 0.717) is 24.7 Å². The van der Waals surface area contributed by atoms with E-state index in [2.05, 4.69) is 15.9 Å². The molecule has 1 atom stereocenters. The van der Waals surface area contributed by atoms with Gasteiger partial charge in [0.25, 0.3) is 0 Å². The molecule has 108 valence electrons. The first-order valence-electron chi connectivity index (χ1n) is 6.56. The van der Waals surface area contributed by atoms with Crippen LogP contribution in [0.25, 0.3) is 0 Å². The maximum Gasteiger partial charge on any atom is 0.320 e. The molecule has 1 unspecified atom stereocenters. The third-order valence-corrected chi connectivity index (χ3v) is 4.63. The molecule has 1 aromatic rings. The van der Waals surface area contributed by atoms with Crippen LogP contribution in [0.2, 0.25) is 0 Å². The lowest BCUT2D eigenvalue weighted by Crippen LogP contribution is -2.32. The monoisotopic (exact) mass is 341 g/mol. The Morgan fingerprint density at radius 3 is 2.50 bits per heavy atom. The molecule has 20 heavy (non-hydrogen) atoms. The van der Waals surface area contributed by atoms with E-state index in [-0.39, 0.29) is 11.8 Å². The van der Waals surface area contributed by atoms with Crippen molar-refractivity contribution >= 4 is 21.9 Å². The van der Waals surface area contributed by atoms with Gasteiger partial charge in [0.1, 0.15) is 6.04 Å². The van der Waals surface area contributed by atoms with Crippen molar-refractivity contribution < 1.29 is 19.4 Å². The molecule has 1 heterocycles. The topological polar surface area (TPSA) is 81.8 Å². The predicted octanol–water partition coefficient (Wildman–Crippen LogP) is 1.95. The summed E-state index contributed by atoms with van der Waals surface area (Å²) in [5.74, 6) is 0.360. The van der Waals surface area contributed by atoms with E-state index >= 15 is 0 Å². The summed E-state index contributed by atoms with van der Waals surface area (Å²) >= 11 is 3.44. The van der Waals surface area contributed by atoms with Crippen molar-refractivity contribution in [1.82, 2.24) is 0 Å². The van der Waals surface area contributed by atoms with Crippen LogP contribution in [0.3, 0.4) is 0 Å². The van der Waals surface area contributed by atoms with Crippen LogP contribution in [0.1, 0.15) is 18.4 Å². The van der Waals surface area contributed by atoms with Crippen molar-refractivity contribution in [3.63, 3.8) is 0 Å². The Balaban J connectivity index is 1.84. The molecule has 1 fully saturated rings. The van der Waals surface area contributed by atoms with Crippen molar-refractivity contribution in [1.29, 1.82) is 0 Å². The van der Waals surface area contributed by atoms with Crippen LogP contribution in [0.5, 0.6) is 11.5 Å². The van der Waals surface area contributed by atoms with Crippen molar-refractivity contribution in [2.45, 2.75) is 25.3 Å². The molecule has 1 saturated carbocycles. The second-order valence-electron chi connectivity index (χ2n) is 5.62. The highest BCUT2D eigenvalue weighted by Gasteiger charge is 2.46. The van der Waals surface area contributed by atoms with E-state index in [1.54, 1.807) is 0 Å². The second kappa shape index (κ2) is 4.93. The lowest BCUT2D eigenvalue weighted by molar-refractivity contribution is -0.138. The summed E-state index contributed by atoms with van der Waals surface area (Å²) in [6.07, 6.45) is 2.52. The number of halogens is 1. The first-order chi connectivity index (χ1) is 9.49. The summed E-state index contributed by atoms with van der Waals surface area (Å²) in [7, 11) is 0. The molecule has 0 saturated heterocycles. The van der Waals surface area contributed by atoms with Crippen LogP contribution >= 0.6 is 15.9 Å². The van der Waals surface area contributed by atoms with Crippen LogP contribution in [0.15, 0.2) is 16.6 Å². The number of aliphatic carboxylic acids is 1. The van der Waals surface area contributed by atoms with Gasteiger partial charge in [0, 0.05) is 9.89 Å². The number of benzene rings is 1. The minimum atomic E-state index is -1.01. The summed E-state index contributed by atoms with van der Waals surface area (Å²) in [5.41, 5.74) is 6.58. The molecule has 2 aliphatic rings. The Labute approximate surface area is 125 Å². The normalized spacial score (nSPS) is 20.3. The Hall–Kier alpha value is -1.27. The van der Waals surface area contributed by atoms with E-state index in [1.807, 2.05) is 12.1 Å². The number of ether oxygens (including phenoxy) is 2. The smallest absolute Gasteiger partial charge is 0.320 e. The second-order valence-corrected chi connectivity index (χ2v) is 6.47. The fourth-order valence-corrected chi connectivity index (χ4v) is 2.74. The largest absolute Gasteiger partial charge is 0.489 e. The van der Waals surface area contributed by atoms with E-state index in [4.69, 9.17) is 20.3 Å². The quantitative estimate of drug-likeness (QED) is 0.878. The van der Waals surface area contributed by atoms with Gasteiger partial charge in [-0.1, -0.05) is 15.9 Å². The molecule has 1 aliphatic heterocycles. The third-order valence-electron chi connectivity index (χ3n) is 3.89. The van der Waals surface area contributed by atoms with E-state index in [0.717, 1.165) is 22.9 Å². The summed E-state index contributed by atoms with van der Waals surface area (Å²) < 4.78 is 12.4. The van der Waals surface area contributed by atoms with E-state index in [9.17, 15) is 4.79 Å². The zero-order chi connectivity index (χ0) is 14.3. The summed E-state index contributed by atoms with van der Waals surface area (Å²) in [6.45, 7) is 1.34. The lowest BCUT2D eigenvalue weighted by atomic mass is 10.1. The summed E-state index contributed by atoms with van der Waals surface area (Å²) in [6, 6.07) is 2.73. The van der Waals surface area contributed by atoms with Gasteiger partial charge in [-0.2, -0.15) is 0 Å². The maximum atomic E-state index is 10.9. The Morgan fingerprint density at radius 1 is 1.35 bits per heavy atom. The molecule has 6 heteroatoms. The fourth-order valence-electron chi connectivity index (χ4n) is 2.25. The molecule has 3 N–H and O–H groups in total. The lowest BCUT2D eigenvalue weighted by Gasteiger charge is -2.13. The Morgan fingerprint density at radius 2 is 1.95 bits per heavy atom. The molecular weight excluding hydrogens is 326 g/mol. The van der Waals surface area contributed by atoms with Crippen LogP contribution < -0.4 is 15.2 Å². The molecule has 0 radical (unpaired) electrons. The maximum absolute atomic E-state index is 10.9. The van der Waals surface area contributed by atoms with Gasteiger partial charge in [-0.15, -0.1) is 0 Å². The van der Waals surface area contributed by atoms with Gasteiger partial charge in [0.05, 0.1) is 13.2 Å². The highest BCUT2D eigenvalue weighted by molar-refractivity contribution is 9.10. The van der Waals surface area contributed by atoms with Crippen LogP contribution in [-0.4, -0.2) is 30.3 Å². The van der Waals surface area contributed by atoms with Gasteiger partial charge in [-0.05, 0) is 37.0 Å². The molecule has 3 rings (SSSR count). The van der Waals surface area contributed by atoms with Crippen molar-refractivity contribution in [3.8, 4) is 11.5 Å². The number of hydrogen-bond donors (Lipinski definition) is 2. The van der Waals surface area contributed by atoms with Crippen molar-refractivity contribution in [2.24, 2.45) is 11.1 Å². The number of fused-ring (bicyclic) bond motifs is 1. The molecule has 5 nitrogen and oxygen atoms in total. The summed E-state index contributed by atoms with van der Waals surface area (Å²) in [5, 5.41) is 8.90. The van der Waals surface area contributed by atoms with Crippen molar-refractivity contribution in [3.05, 3.63) is 22.2 Å².